The van der Waals surface area contributed by atoms with Gasteiger partial charge in [-0.25, -0.2) is 4.98 Å². The molecule has 1 aromatic heterocycles. The summed E-state index contributed by atoms with van der Waals surface area (Å²) in [5.41, 5.74) is 3.27. The Morgan fingerprint density at radius 2 is 1.84 bits per heavy atom. The van der Waals surface area contributed by atoms with E-state index in [0.29, 0.717) is 13.1 Å². The molecule has 0 aliphatic rings. The Balaban J connectivity index is 1.56. The third-order valence-corrected chi connectivity index (χ3v) is 3.92. The normalized spacial score (nSPS) is 11.4. The van der Waals surface area contributed by atoms with Gasteiger partial charge in [0.2, 0.25) is 0 Å². The second-order valence-electron chi connectivity index (χ2n) is 5.44. The fourth-order valence-corrected chi connectivity index (χ4v) is 2.49. The van der Waals surface area contributed by atoms with Crippen molar-refractivity contribution in [1.82, 2.24) is 25.8 Å². The SMILES string of the molecule is CN=C(NCc1ccc(Cl)cc1)NCc1cccc(-c2ncn[nH]2)c1. The predicted octanol–water partition coefficient (Wildman–Crippen LogP) is 2.99. The van der Waals surface area contributed by atoms with Gasteiger partial charge in [0.1, 0.15) is 6.33 Å². The number of hydrogen-bond donors (Lipinski definition) is 3. The van der Waals surface area contributed by atoms with E-state index in [-0.39, 0.29) is 0 Å². The van der Waals surface area contributed by atoms with E-state index in [1.165, 1.54) is 6.33 Å². The topological polar surface area (TPSA) is 78.0 Å². The van der Waals surface area contributed by atoms with Crippen LogP contribution in [0, 0.1) is 0 Å². The molecule has 0 radical (unpaired) electrons. The first-order valence-corrected chi connectivity index (χ1v) is 8.26. The molecule has 7 heteroatoms. The summed E-state index contributed by atoms with van der Waals surface area (Å²) in [7, 11) is 1.75. The first-order valence-electron chi connectivity index (χ1n) is 7.88. The van der Waals surface area contributed by atoms with E-state index in [0.717, 1.165) is 33.5 Å². The average Bonchev–Trinajstić information content (AvgIpc) is 3.18. The zero-order valence-electron chi connectivity index (χ0n) is 13.8. The number of aromatic amines is 1. The highest BCUT2D eigenvalue weighted by Crippen LogP contribution is 2.15. The Morgan fingerprint density at radius 3 is 2.52 bits per heavy atom. The Labute approximate surface area is 151 Å². The second-order valence-corrected chi connectivity index (χ2v) is 5.88. The number of nitrogens with zero attached hydrogens (tertiary/aromatic N) is 3. The molecule has 128 valence electrons. The lowest BCUT2D eigenvalue weighted by Crippen LogP contribution is -2.36. The molecule has 25 heavy (non-hydrogen) atoms. The highest BCUT2D eigenvalue weighted by molar-refractivity contribution is 6.30. The molecule has 3 N–H and O–H groups in total. The predicted molar refractivity (Wildman–Crippen MR) is 100 cm³/mol. The van der Waals surface area contributed by atoms with Crippen molar-refractivity contribution in [3.63, 3.8) is 0 Å². The van der Waals surface area contributed by atoms with Crippen LogP contribution < -0.4 is 10.6 Å². The quantitative estimate of drug-likeness (QED) is 0.486. The van der Waals surface area contributed by atoms with Crippen LogP contribution in [0.5, 0.6) is 0 Å². The second kappa shape index (κ2) is 8.30. The van der Waals surface area contributed by atoms with Crippen molar-refractivity contribution in [2.24, 2.45) is 4.99 Å². The summed E-state index contributed by atoms with van der Waals surface area (Å²) in [6.07, 6.45) is 1.50. The number of rotatable bonds is 5. The van der Waals surface area contributed by atoms with Crippen molar-refractivity contribution in [3.8, 4) is 11.4 Å². The van der Waals surface area contributed by atoms with Crippen LogP contribution in [-0.2, 0) is 13.1 Å². The summed E-state index contributed by atoms with van der Waals surface area (Å²) in [5, 5.41) is 14.1. The van der Waals surface area contributed by atoms with Gasteiger partial charge in [-0.3, -0.25) is 10.1 Å². The van der Waals surface area contributed by atoms with E-state index in [2.05, 4.69) is 42.9 Å². The molecule has 0 amide bonds. The van der Waals surface area contributed by atoms with Gasteiger partial charge in [0.15, 0.2) is 11.8 Å². The first kappa shape index (κ1) is 17.0. The highest BCUT2D eigenvalue weighted by atomic mass is 35.5. The molecule has 0 fully saturated rings. The summed E-state index contributed by atoms with van der Waals surface area (Å²) in [6.45, 7) is 1.33. The van der Waals surface area contributed by atoms with E-state index < -0.39 is 0 Å². The largest absolute Gasteiger partial charge is 0.352 e. The maximum absolute atomic E-state index is 5.90. The lowest BCUT2D eigenvalue weighted by Gasteiger charge is -2.12. The van der Waals surface area contributed by atoms with Crippen LogP contribution in [0.1, 0.15) is 11.1 Å². The molecule has 0 aliphatic carbocycles. The molecule has 3 aromatic rings. The summed E-state index contributed by atoms with van der Waals surface area (Å²) >= 11 is 5.90. The first-order chi connectivity index (χ1) is 12.2. The third-order valence-electron chi connectivity index (χ3n) is 3.67. The van der Waals surface area contributed by atoms with Crippen LogP contribution in [0.4, 0.5) is 0 Å². The summed E-state index contributed by atoms with van der Waals surface area (Å²) in [4.78, 5) is 8.42. The molecular weight excluding hydrogens is 336 g/mol. The van der Waals surface area contributed by atoms with Crippen LogP contribution in [0.2, 0.25) is 5.02 Å². The standard InChI is InChI=1S/C18H19ClN6/c1-20-18(21-10-13-5-7-16(19)8-6-13)22-11-14-3-2-4-15(9-14)17-23-12-24-25-17/h2-9,12H,10-11H2,1H3,(H2,20,21,22)(H,23,24,25). The van der Waals surface area contributed by atoms with Crippen molar-refractivity contribution in [3.05, 3.63) is 71.0 Å². The smallest absolute Gasteiger partial charge is 0.191 e. The van der Waals surface area contributed by atoms with Crippen molar-refractivity contribution < 1.29 is 0 Å². The Kier molecular flexibility index (Phi) is 5.64. The van der Waals surface area contributed by atoms with E-state index in [4.69, 9.17) is 11.6 Å². The maximum atomic E-state index is 5.90. The average molecular weight is 355 g/mol. The van der Waals surface area contributed by atoms with Crippen molar-refractivity contribution in [2.75, 3.05) is 7.05 Å². The van der Waals surface area contributed by atoms with Gasteiger partial charge in [-0.1, -0.05) is 41.9 Å². The monoisotopic (exact) mass is 354 g/mol. The Hall–Kier alpha value is -2.86. The molecule has 0 spiro atoms. The molecule has 0 atom stereocenters. The molecular formula is C18H19ClN6. The maximum Gasteiger partial charge on any atom is 0.191 e. The van der Waals surface area contributed by atoms with E-state index >= 15 is 0 Å². The minimum Gasteiger partial charge on any atom is -0.352 e. The van der Waals surface area contributed by atoms with E-state index in [1.807, 2.05) is 36.4 Å². The summed E-state index contributed by atoms with van der Waals surface area (Å²) in [6, 6.07) is 15.9. The fourth-order valence-electron chi connectivity index (χ4n) is 2.37. The number of benzene rings is 2. The minimum atomic E-state index is 0.655. The Morgan fingerprint density at radius 1 is 1.08 bits per heavy atom. The number of aliphatic imine (C=N–C) groups is 1. The zero-order chi connectivity index (χ0) is 17.5. The van der Waals surface area contributed by atoms with Crippen LogP contribution in [0.25, 0.3) is 11.4 Å². The van der Waals surface area contributed by atoms with Crippen molar-refractivity contribution in [1.29, 1.82) is 0 Å². The lowest BCUT2D eigenvalue weighted by molar-refractivity contribution is 0.809. The number of H-pyrrole nitrogens is 1. The molecule has 0 aliphatic heterocycles. The summed E-state index contributed by atoms with van der Waals surface area (Å²) < 4.78 is 0. The molecule has 0 saturated carbocycles. The highest BCUT2D eigenvalue weighted by Gasteiger charge is 2.03. The van der Waals surface area contributed by atoms with Crippen molar-refractivity contribution >= 4 is 17.6 Å². The lowest BCUT2D eigenvalue weighted by atomic mass is 10.1. The molecule has 1 heterocycles. The van der Waals surface area contributed by atoms with Crippen LogP contribution >= 0.6 is 11.6 Å². The third kappa shape index (κ3) is 4.81. The number of hydrogen-bond acceptors (Lipinski definition) is 3. The molecule has 2 aromatic carbocycles. The van der Waals surface area contributed by atoms with Gasteiger partial charge in [0.05, 0.1) is 0 Å². The van der Waals surface area contributed by atoms with Gasteiger partial charge in [-0.05, 0) is 29.3 Å². The minimum absolute atomic E-state index is 0.655. The number of guanidine groups is 1. The van der Waals surface area contributed by atoms with Gasteiger partial charge in [-0.2, -0.15) is 5.10 Å². The van der Waals surface area contributed by atoms with Gasteiger partial charge in [0.25, 0.3) is 0 Å². The van der Waals surface area contributed by atoms with Crippen molar-refractivity contribution in [2.45, 2.75) is 13.1 Å². The number of aromatic nitrogens is 3. The molecule has 0 bridgehead atoms. The van der Waals surface area contributed by atoms with E-state index in [9.17, 15) is 0 Å². The van der Waals surface area contributed by atoms with Gasteiger partial charge >= 0.3 is 0 Å². The molecule has 0 saturated heterocycles. The fraction of sp³-hybridized carbons (Fsp3) is 0.167. The molecule has 0 unspecified atom stereocenters. The van der Waals surface area contributed by atoms with Crippen LogP contribution in [-0.4, -0.2) is 28.2 Å². The Bertz CT molecular complexity index is 827. The molecule has 3 rings (SSSR count). The van der Waals surface area contributed by atoms with Crippen LogP contribution in [0.15, 0.2) is 59.9 Å². The van der Waals surface area contributed by atoms with Gasteiger partial charge in [0, 0.05) is 30.7 Å². The van der Waals surface area contributed by atoms with Gasteiger partial charge < -0.3 is 10.6 Å². The number of halogens is 1. The van der Waals surface area contributed by atoms with E-state index in [1.54, 1.807) is 7.05 Å². The zero-order valence-corrected chi connectivity index (χ0v) is 14.6. The molecule has 6 nitrogen and oxygen atoms in total. The number of nitrogens with one attached hydrogen (secondary N) is 3. The summed E-state index contributed by atoms with van der Waals surface area (Å²) in [5.74, 6) is 1.49. The van der Waals surface area contributed by atoms with Gasteiger partial charge in [-0.15, -0.1) is 0 Å². The van der Waals surface area contributed by atoms with Crippen LogP contribution in [0.3, 0.4) is 0 Å².